The lowest BCUT2D eigenvalue weighted by Crippen LogP contribution is -2.33. The lowest BCUT2D eigenvalue weighted by molar-refractivity contribution is -0.184. The smallest absolute Gasteiger partial charge is 0.168 e. The van der Waals surface area contributed by atoms with E-state index < -0.39 is 0 Å². The third kappa shape index (κ3) is 1.68. The van der Waals surface area contributed by atoms with Crippen molar-refractivity contribution in [2.45, 2.75) is 44.0 Å². The molecule has 1 saturated carbocycles. The van der Waals surface area contributed by atoms with Crippen LogP contribution in [0.2, 0.25) is 0 Å². The molecule has 0 radical (unpaired) electrons. The SMILES string of the molecule is BrCC1COC2(CCCCC2)O1. The van der Waals surface area contributed by atoms with Gasteiger partial charge in [-0.2, -0.15) is 0 Å². The number of ether oxygens (including phenoxy) is 2. The first-order valence-corrected chi connectivity index (χ1v) is 5.84. The Hall–Kier alpha value is 0.400. The highest BCUT2D eigenvalue weighted by molar-refractivity contribution is 9.09. The molecule has 1 unspecified atom stereocenters. The van der Waals surface area contributed by atoms with Crippen LogP contribution in [0.5, 0.6) is 0 Å². The van der Waals surface area contributed by atoms with E-state index in [0.717, 1.165) is 24.8 Å². The summed E-state index contributed by atoms with van der Waals surface area (Å²) in [6.07, 6.45) is 6.33. The van der Waals surface area contributed by atoms with E-state index in [2.05, 4.69) is 15.9 Å². The van der Waals surface area contributed by atoms with Gasteiger partial charge in [0, 0.05) is 18.2 Å². The van der Waals surface area contributed by atoms with Crippen LogP contribution >= 0.6 is 15.9 Å². The van der Waals surface area contributed by atoms with Gasteiger partial charge in [0.25, 0.3) is 0 Å². The first kappa shape index (κ1) is 8.97. The Bertz CT molecular complexity index is 155. The van der Waals surface area contributed by atoms with Gasteiger partial charge in [0.15, 0.2) is 5.79 Å². The van der Waals surface area contributed by atoms with Gasteiger partial charge in [-0.3, -0.25) is 0 Å². The molecule has 0 aromatic carbocycles. The summed E-state index contributed by atoms with van der Waals surface area (Å²) in [5, 5.41) is 0.898. The standard InChI is InChI=1S/C9H15BrO2/c10-6-8-7-11-9(12-8)4-2-1-3-5-9/h8H,1-7H2. The number of rotatable bonds is 1. The van der Waals surface area contributed by atoms with E-state index in [4.69, 9.17) is 9.47 Å². The molecule has 2 rings (SSSR count). The molecule has 70 valence electrons. The average molecular weight is 235 g/mol. The molecular weight excluding hydrogens is 220 g/mol. The molecule has 3 heteroatoms. The Kier molecular flexibility index (Phi) is 2.72. The summed E-state index contributed by atoms with van der Waals surface area (Å²) in [7, 11) is 0. The predicted molar refractivity (Wildman–Crippen MR) is 50.4 cm³/mol. The van der Waals surface area contributed by atoms with Crippen LogP contribution in [-0.2, 0) is 9.47 Å². The van der Waals surface area contributed by atoms with Crippen molar-refractivity contribution >= 4 is 15.9 Å². The van der Waals surface area contributed by atoms with Gasteiger partial charge in [-0.05, 0) is 12.8 Å². The molecule has 1 spiro atoms. The van der Waals surface area contributed by atoms with Crippen molar-refractivity contribution in [1.82, 2.24) is 0 Å². The summed E-state index contributed by atoms with van der Waals surface area (Å²) >= 11 is 3.42. The van der Waals surface area contributed by atoms with E-state index >= 15 is 0 Å². The molecule has 12 heavy (non-hydrogen) atoms. The Balaban J connectivity index is 1.94. The maximum Gasteiger partial charge on any atom is 0.168 e. The fraction of sp³-hybridized carbons (Fsp3) is 1.00. The minimum Gasteiger partial charge on any atom is -0.347 e. The molecule has 1 aliphatic carbocycles. The van der Waals surface area contributed by atoms with Crippen molar-refractivity contribution in [3.8, 4) is 0 Å². The Morgan fingerprint density at radius 2 is 2.00 bits per heavy atom. The Labute approximate surface area is 81.7 Å². The van der Waals surface area contributed by atoms with Gasteiger partial charge >= 0.3 is 0 Å². The molecule has 1 saturated heterocycles. The molecule has 1 heterocycles. The number of alkyl halides is 1. The van der Waals surface area contributed by atoms with Crippen LogP contribution in [-0.4, -0.2) is 23.8 Å². The lowest BCUT2D eigenvalue weighted by Gasteiger charge is -2.31. The quantitative estimate of drug-likeness (QED) is 0.650. The van der Waals surface area contributed by atoms with Gasteiger partial charge < -0.3 is 9.47 Å². The van der Waals surface area contributed by atoms with E-state index in [0.29, 0.717) is 0 Å². The summed E-state index contributed by atoms with van der Waals surface area (Å²) in [6, 6.07) is 0. The fourth-order valence-corrected chi connectivity index (χ4v) is 2.36. The van der Waals surface area contributed by atoms with Gasteiger partial charge in [0.2, 0.25) is 0 Å². The first-order valence-electron chi connectivity index (χ1n) is 4.72. The van der Waals surface area contributed by atoms with Crippen molar-refractivity contribution in [2.75, 3.05) is 11.9 Å². The van der Waals surface area contributed by atoms with Crippen molar-refractivity contribution in [3.63, 3.8) is 0 Å². The van der Waals surface area contributed by atoms with Crippen LogP contribution in [0.4, 0.5) is 0 Å². The summed E-state index contributed by atoms with van der Waals surface area (Å²) in [5.74, 6) is -0.184. The molecule has 1 atom stereocenters. The second-order valence-electron chi connectivity index (χ2n) is 3.68. The molecule has 1 aliphatic heterocycles. The highest BCUT2D eigenvalue weighted by Crippen LogP contribution is 2.37. The maximum atomic E-state index is 5.87. The minimum absolute atomic E-state index is 0.184. The van der Waals surface area contributed by atoms with Crippen molar-refractivity contribution in [3.05, 3.63) is 0 Å². The van der Waals surface area contributed by atoms with E-state index in [1.165, 1.54) is 19.3 Å². The number of halogens is 1. The minimum atomic E-state index is -0.184. The van der Waals surface area contributed by atoms with Crippen molar-refractivity contribution in [2.24, 2.45) is 0 Å². The summed E-state index contributed by atoms with van der Waals surface area (Å²) in [6.45, 7) is 0.769. The van der Waals surface area contributed by atoms with E-state index in [-0.39, 0.29) is 11.9 Å². The van der Waals surface area contributed by atoms with Gasteiger partial charge in [0.05, 0.1) is 12.7 Å². The van der Waals surface area contributed by atoms with Gasteiger partial charge in [-0.15, -0.1) is 0 Å². The monoisotopic (exact) mass is 234 g/mol. The zero-order valence-corrected chi connectivity index (χ0v) is 8.81. The van der Waals surface area contributed by atoms with Crippen LogP contribution in [0.25, 0.3) is 0 Å². The largest absolute Gasteiger partial charge is 0.347 e. The summed E-state index contributed by atoms with van der Waals surface area (Å²) in [4.78, 5) is 0. The molecule has 0 N–H and O–H groups in total. The molecule has 0 amide bonds. The Morgan fingerprint density at radius 3 is 2.58 bits per heavy atom. The van der Waals surface area contributed by atoms with Crippen LogP contribution < -0.4 is 0 Å². The lowest BCUT2D eigenvalue weighted by atomic mass is 9.94. The van der Waals surface area contributed by atoms with Crippen LogP contribution in [0.15, 0.2) is 0 Å². The van der Waals surface area contributed by atoms with E-state index in [1.54, 1.807) is 0 Å². The molecule has 2 fully saturated rings. The van der Waals surface area contributed by atoms with Gasteiger partial charge in [-0.1, -0.05) is 22.4 Å². The van der Waals surface area contributed by atoms with E-state index in [1.807, 2.05) is 0 Å². The topological polar surface area (TPSA) is 18.5 Å². The fourth-order valence-electron chi connectivity index (χ4n) is 2.05. The third-order valence-electron chi connectivity index (χ3n) is 2.70. The van der Waals surface area contributed by atoms with Crippen LogP contribution in [0.3, 0.4) is 0 Å². The summed E-state index contributed by atoms with van der Waals surface area (Å²) in [5.41, 5.74) is 0. The molecule has 2 nitrogen and oxygen atoms in total. The van der Waals surface area contributed by atoms with Gasteiger partial charge in [0.1, 0.15) is 0 Å². The predicted octanol–water partition coefficient (Wildman–Crippen LogP) is 2.46. The zero-order chi connectivity index (χ0) is 8.44. The van der Waals surface area contributed by atoms with Crippen molar-refractivity contribution < 1.29 is 9.47 Å². The first-order chi connectivity index (χ1) is 5.85. The Morgan fingerprint density at radius 1 is 1.25 bits per heavy atom. The third-order valence-corrected chi connectivity index (χ3v) is 3.42. The van der Waals surface area contributed by atoms with Gasteiger partial charge in [-0.25, -0.2) is 0 Å². The van der Waals surface area contributed by atoms with Crippen LogP contribution in [0.1, 0.15) is 32.1 Å². The normalized spacial score (nSPS) is 34.2. The molecular formula is C9H15BrO2. The highest BCUT2D eigenvalue weighted by atomic mass is 79.9. The molecule has 2 aliphatic rings. The molecule has 0 aromatic heterocycles. The summed E-state index contributed by atoms with van der Waals surface area (Å²) < 4.78 is 11.6. The number of hydrogen-bond acceptors (Lipinski definition) is 2. The maximum absolute atomic E-state index is 5.87. The van der Waals surface area contributed by atoms with E-state index in [9.17, 15) is 0 Å². The average Bonchev–Trinajstić information content (AvgIpc) is 2.50. The molecule has 0 bridgehead atoms. The van der Waals surface area contributed by atoms with Crippen LogP contribution in [0, 0.1) is 0 Å². The second kappa shape index (κ2) is 3.64. The zero-order valence-electron chi connectivity index (χ0n) is 7.22. The highest BCUT2D eigenvalue weighted by Gasteiger charge is 2.41. The second-order valence-corrected chi connectivity index (χ2v) is 4.32. The van der Waals surface area contributed by atoms with Crippen molar-refractivity contribution in [1.29, 1.82) is 0 Å². The number of hydrogen-bond donors (Lipinski definition) is 0. The molecule has 0 aromatic rings.